The summed E-state index contributed by atoms with van der Waals surface area (Å²) in [6, 6.07) is 12.5. The van der Waals surface area contributed by atoms with Crippen molar-refractivity contribution in [1.29, 1.82) is 0 Å². The van der Waals surface area contributed by atoms with Crippen molar-refractivity contribution in [1.82, 2.24) is 0 Å². The summed E-state index contributed by atoms with van der Waals surface area (Å²) >= 11 is 3.57. The maximum Gasteiger partial charge on any atom is 0.0420 e. The van der Waals surface area contributed by atoms with E-state index in [0.29, 0.717) is 0 Å². The summed E-state index contributed by atoms with van der Waals surface area (Å²) in [5, 5.41) is 5.90. The molecule has 17 heavy (non-hydrogen) atoms. The average molecular weight is 288 g/mol. The monoisotopic (exact) mass is 287 g/mol. The highest BCUT2D eigenvalue weighted by Crippen LogP contribution is 2.29. The molecule has 0 unspecified atom stereocenters. The second-order valence-corrected chi connectivity index (χ2v) is 4.73. The van der Waals surface area contributed by atoms with Gasteiger partial charge in [-0.2, -0.15) is 0 Å². The average Bonchev–Trinajstić information content (AvgIpc) is 2.37. The third-order valence-corrected chi connectivity index (χ3v) is 3.38. The number of benzene rings is 2. The lowest BCUT2D eigenvalue weighted by molar-refractivity contribution is 0.908. The molecule has 0 atom stereocenters. The minimum Gasteiger partial charge on any atom is -0.385 e. The molecule has 0 fully saturated rings. The summed E-state index contributed by atoms with van der Waals surface area (Å²) < 4.78 is 1.13. The Morgan fingerprint density at radius 1 is 1.12 bits per heavy atom. The molecule has 0 bridgehead atoms. The van der Waals surface area contributed by atoms with E-state index in [1.807, 2.05) is 0 Å². The minimum absolute atomic E-state index is 0.821. The van der Waals surface area contributed by atoms with E-state index in [-0.39, 0.29) is 0 Å². The third-order valence-electron chi connectivity index (χ3n) is 2.68. The van der Waals surface area contributed by atoms with Gasteiger partial charge in [-0.05, 0) is 23.9 Å². The Bertz CT molecular complexity index is 554. The largest absolute Gasteiger partial charge is 0.385 e. The first-order valence-corrected chi connectivity index (χ1v) is 6.47. The van der Waals surface area contributed by atoms with Gasteiger partial charge in [-0.15, -0.1) is 12.3 Å². The molecular weight excluding hydrogens is 274 g/mol. The summed E-state index contributed by atoms with van der Waals surface area (Å²) in [5.41, 5.74) is 1.17. The molecule has 2 heteroatoms. The summed E-state index contributed by atoms with van der Waals surface area (Å²) in [6.45, 7) is 0.913. The molecule has 86 valence electrons. The highest BCUT2D eigenvalue weighted by Gasteiger charge is 2.02. The Kier molecular flexibility index (Phi) is 4.06. The zero-order valence-corrected chi connectivity index (χ0v) is 11.1. The predicted molar refractivity (Wildman–Crippen MR) is 78.2 cm³/mol. The maximum atomic E-state index is 5.23. The van der Waals surface area contributed by atoms with Crippen LogP contribution in [0.25, 0.3) is 10.8 Å². The second kappa shape index (κ2) is 5.75. The molecule has 0 aliphatic rings. The van der Waals surface area contributed by atoms with Crippen molar-refractivity contribution in [2.24, 2.45) is 0 Å². The summed E-state index contributed by atoms with van der Waals surface area (Å²) in [5.74, 6) is 2.65. The third kappa shape index (κ3) is 2.81. The lowest BCUT2D eigenvalue weighted by Gasteiger charge is -2.10. The van der Waals surface area contributed by atoms with Crippen LogP contribution in [-0.4, -0.2) is 6.54 Å². The number of fused-ring (bicyclic) bond motifs is 1. The second-order valence-electron chi connectivity index (χ2n) is 3.87. The molecule has 0 aliphatic heterocycles. The summed E-state index contributed by atoms with van der Waals surface area (Å²) in [6.07, 6.45) is 7.06. The Hall–Kier alpha value is -1.46. The van der Waals surface area contributed by atoms with Crippen LogP contribution in [-0.2, 0) is 0 Å². The highest BCUT2D eigenvalue weighted by molar-refractivity contribution is 9.10. The maximum absolute atomic E-state index is 5.23. The topological polar surface area (TPSA) is 12.0 Å². The lowest BCUT2D eigenvalue weighted by Crippen LogP contribution is -2.01. The van der Waals surface area contributed by atoms with E-state index in [1.165, 1.54) is 16.5 Å². The van der Waals surface area contributed by atoms with Crippen LogP contribution in [0.3, 0.4) is 0 Å². The van der Waals surface area contributed by atoms with Crippen molar-refractivity contribution in [2.45, 2.75) is 12.8 Å². The van der Waals surface area contributed by atoms with Crippen LogP contribution in [0.15, 0.2) is 40.9 Å². The number of unbranched alkanes of at least 4 members (excludes halogenated alkanes) is 1. The van der Waals surface area contributed by atoms with E-state index in [2.05, 4.69) is 63.6 Å². The molecule has 0 aromatic heterocycles. The highest BCUT2D eigenvalue weighted by atomic mass is 79.9. The Morgan fingerprint density at radius 3 is 2.65 bits per heavy atom. The Balaban J connectivity index is 2.23. The molecule has 2 aromatic carbocycles. The number of anilines is 1. The number of halogens is 1. The van der Waals surface area contributed by atoms with Crippen molar-refractivity contribution in [3.63, 3.8) is 0 Å². The van der Waals surface area contributed by atoms with Gasteiger partial charge in [-0.3, -0.25) is 0 Å². The van der Waals surface area contributed by atoms with Crippen molar-refractivity contribution >= 4 is 32.4 Å². The van der Waals surface area contributed by atoms with Gasteiger partial charge in [-0.25, -0.2) is 0 Å². The number of hydrogen-bond acceptors (Lipinski definition) is 1. The van der Waals surface area contributed by atoms with Crippen LogP contribution < -0.4 is 5.32 Å². The van der Waals surface area contributed by atoms with Crippen LogP contribution in [0.1, 0.15) is 12.8 Å². The standard InChI is InChI=1S/C15H14BrN/c1-2-3-6-11-17-15-10-9-14(16)12-7-4-5-8-13(12)15/h1,4-5,7-10,17H,3,6,11H2. The molecule has 1 nitrogen and oxygen atoms in total. The molecule has 0 radical (unpaired) electrons. The van der Waals surface area contributed by atoms with Crippen LogP contribution in [0.2, 0.25) is 0 Å². The molecule has 0 aliphatic carbocycles. The molecule has 0 spiro atoms. The Morgan fingerprint density at radius 2 is 1.88 bits per heavy atom. The van der Waals surface area contributed by atoms with E-state index in [1.54, 1.807) is 0 Å². The van der Waals surface area contributed by atoms with Gasteiger partial charge in [0.05, 0.1) is 0 Å². The fourth-order valence-electron chi connectivity index (χ4n) is 1.83. The van der Waals surface area contributed by atoms with Gasteiger partial charge in [0.15, 0.2) is 0 Å². The van der Waals surface area contributed by atoms with E-state index in [4.69, 9.17) is 6.42 Å². The van der Waals surface area contributed by atoms with Crippen LogP contribution in [0, 0.1) is 12.3 Å². The normalized spacial score (nSPS) is 10.1. The molecule has 0 saturated carbocycles. The van der Waals surface area contributed by atoms with Gasteiger partial charge in [0.25, 0.3) is 0 Å². The SMILES string of the molecule is C#CCCCNc1ccc(Br)c2ccccc12. The first-order chi connectivity index (χ1) is 8.33. The summed E-state index contributed by atoms with van der Waals surface area (Å²) in [4.78, 5) is 0. The molecule has 2 aromatic rings. The van der Waals surface area contributed by atoms with Crippen LogP contribution in [0.4, 0.5) is 5.69 Å². The molecule has 0 amide bonds. The predicted octanol–water partition coefficient (Wildman–Crippen LogP) is 4.43. The van der Waals surface area contributed by atoms with Crippen molar-refractivity contribution in [3.05, 3.63) is 40.9 Å². The van der Waals surface area contributed by atoms with Gasteiger partial charge < -0.3 is 5.32 Å². The van der Waals surface area contributed by atoms with Crippen molar-refractivity contribution < 1.29 is 0 Å². The zero-order valence-electron chi connectivity index (χ0n) is 9.54. The quantitative estimate of drug-likeness (QED) is 0.648. The minimum atomic E-state index is 0.821. The molecular formula is C15H14BrN. The van der Waals surface area contributed by atoms with Crippen LogP contribution in [0.5, 0.6) is 0 Å². The van der Waals surface area contributed by atoms with Gasteiger partial charge in [0.2, 0.25) is 0 Å². The van der Waals surface area contributed by atoms with Gasteiger partial charge in [0.1, 0.15) is 0 Å². The smallest absolute Gasteiger partial charge is 0.0420 e. The van der Waals surface area contributed by atoms with E-state index in [9.17, 15) is 0 Å². The van der Waals surface area contributed by atoms with E-state index >= 15 is 0 Å². The fourth-order valence-corrected chi connectivity index (χ4v) is 2.31. The molecule has 2 rings (SSSR count). The molecule has 1 N–H and O–H groups in total. The van der Waals surface area contributed by atoms with Gasteiger partial charge in [0, 0.05) is 28.5 Å². The summed E-state index contributed by atoms with van der Waals surface area (Å²) in [7, 11) is 0. The van der Waals surface area contributed by atoms with Crippen molar-refractivity contribution in [3.8, 4) is 12.3 Å². The molecule has 0 heterocycles. The van der Waals surface area contributed by atoms with Crippen LogP contribution >= 0.6 is 15.9 Å². The zero-order chi connectivity index (χ0) is 12.1. The first-order valence-electron chi connectivity index (χ1n) is 5.67. The fraction of sp³-hybridized carbons (Fsp3) is 0.200. The number of hydrogen-bond donors (Lipinski definition) is 1. The first kappa shape index (κ1) is 12.0. The van der Waals surface area contributed by atoms with Gasteiger partial charge in [-0.1, -0.05) is 40.2 Å². The Labute approximate surface area is 110 Å². The molecule has 0 saturated heterocycles. The van der Waals surface area contributed by atoms with E-state index in [0.717, 1.165) is 23.9 Å². The number of terminal acetylenes is 1. The van der Waals surface area contributed by atoms with Crippen molar-refractivity contribution in [2.75, 3.05) is 11.9 Å². The number of nitrogens with one attached hydrogen (secondary N) is 1. The van der Waals surface area contributed by atoms with Gasteiger partial charge >= 0.3 is 0 Å². The van der Waals surface area contributed by atoms with E-state index < -0.39 is 0 Å². The number of rotatable bonds is 4. The lowest BCUT2D eigenvalue weighted by atomic mass is 10.1.